The Bertz CT molecular complexity index is 385. The van der Waals surface area contributed by atoms with Gasteiger partial charge in [-0.2, -0.15) is 0 Å². The molecule has 0 aliphatic heterocycles. The zero-order chi connectivity index (χ0) is 12.5. The number of nitrogens with zero attached hydrogens (tertiary/aromatic N) is 2. The van der Waals surface area contributed by atoms with Crippen LogP contribution in [0.1, 0.15) is 11.1 Å². The van der Waals surface area contributed by atoms with Gasteiger partial charge in [0.25, 0.3) is 0 Å². The summed E-state index contributed by atoms with van der Waals surface area (Å²) in [6.07, 6.45) is 6.48. The molecule has 0 bridgehead atoms. The lowest BCUT2D eigenvalue weighted by atomic mass is 10.1. The van der Waals surface area contributed by atoms with Gasteiger partial charge in [0.2, 0.25) is 0 Å². The third-order valence-corrected chi connectivity index (χ3v) is 2.46. The largest absolute Gasteiger partial charge is 0.356 e. The van der Waals surface area contributed by atoms with Gasteiger partial charge >= 0.3 is 0 Å². The molecule has 0 aliphatic rings. The first-order valence-electron chi connectivity index (χ1n) is 5.73. The number of nitrogens with one attached hydrogen (secondary N) is 2. The van der Waals surface area contributed by atoms with Crippen molar-refractivity contribution in [2.24, 2.45) is 4.99 Å². The lowest BCUT2D eigenvalue weighted by molar-refractivity contribution is 0.817. The molecule has 1 heterocycles. The first-order chi connectivity index (χ1) is 8.27. The Morgan fingerprint density at radius 3 is 3.00 bits per heavy atom. The van der Waals surface area contributed by atoms with Crippen LogP contribution in [0.15, 0.2) is 36.1 Å². The second kappa shape index (κ2) is 7.44. The molecule has 0 saturated heterocycles. The number of hydrogen-bond donors (Lipinski definition) is 2. The van der Waals surface area contributed by atoms with Crippen molar-refractivity contribution in [1.82, 2.24) is 15.6 Å². The number of pyridine rings is 1. The van der Waals surface area contributed by atoms with Crippen LogP contribution in [0.25, 0.3) is 0 Å². The molecule has 0 aromatic carbocycles. The summed E-state index contributed by atoms with van der Waals surface area (Å²) >= 11 is 0. The van der Waals surface area contributed by atoms with Crippen LogP contribution in [0.2, 0.25) is 0 Å². The maximum Gasteiger partial charge on any atom is 0.191 e. The SMILES string of the molecule is C=CCNC(=NC)NCCc1ccncc1C. The van der Waals surface area contributed by atoms with Gasteiger partial charge in [-0.05, 0) is 30.5 Å². The van der Waals surface area contributed by atoms with Crippen LogP contribution in [0.5, 0.6) is 0 Å². The van der Waals surface area contributed by atoms with E-state index in [0.717, 1.165) is 18.9 Å². The van der Waals surface area contributed by atoms with Crippen molar-refractivity contribution in [3.8, 4) is 0 Å². The van der Waals surface area contributed by atoms with E-state index in [9.17, 15) is 0 Å². The van der Waals surface area contributed by atoms with Gasteiger partial charge in [-0.15, -0.1) is 6.58 Å². The smallest absolute Gasteiger partial charge is 0.191 e. The number of hydrogen-bond acceptors (Lipinski definition) is 2. The Hall–Kier alpha value is -1.84. The number of aryl methyl sites for hydroxylation is 1. The van der Waals surface area contributed by atoms with Crippen LogP contribution >= 0.6 is 0 Å². The minimum atomic E-state index is 0.716. The molecule has 0 aliphatic carbocycles. The molecule has 0 amide bonds. The maximum absolute atomic E-state index is 4.11. The van der Waals surface area contributed by atoms with Crippen LogP contribution in [0.4, 0.5) is 0 Å². The molecular weight excluding hydrogens is 212 g/mol. The Morgan fingerprint density at radius 1 is 1.53 bits per heavy atom. The van der Waals surface area contributed by atoms with Gasteiger partial charge in [-0.25, -0.2) is 0 Å². The zero-order valence-electron chi connectivity index (χ0n) is 10.5. The van der Waals surface area contributed by atoms with E-state index in [1.165, 1.54) is 11.1 Å². The molecular formula is C13H20N4. The van der Waals surface area contributed by atoms with Crippen LogP contribution < -0.4 is 10.6 Å². The van der Waals surface area contributed by atoms with Crippen molar-refractivity contribution < 1.29 is 0 Å². The van der Waals surface area contributed by atoms with Gasteiger partial charge in [-0.3, -0.25) is 9.98 Å². The topological polar surface area (TPSA) is 49.3 Å². The first-order valence-corrected chi connectivity index (χ1v) is 5.73. The van der Waals surface area contributed by atoms with Crippen molar-refractivity contribution in [1.29, 1.82) is 0 Å². The van der Waals surface area contributed by atoms with Crippen LogP contribution in [-0.4, -0.2) is 31.1 Å². The quantitative estimate of drug-likeness (QED) is 0.457. The summed E-state index contributed by atoms with van der Waals surface area (Å²) in [7, 11) is 1.76. The molecule has 1 aromatic heterocycles. The highest BCUT2D eigenvalue weighted by Crippen LogP contribution is 2.04. The van der Waals surface area contributed by atoms with E-state index in [1.54, 1.807) is 13.1 Å². The minimum Gasteiger partial charge on any atom is -0.356 e. The Balaban J connectivity index is 2.36. The van der Waals surface area contributed by atoms with Crippen molar-refractivity contribution in [3.63, 3.8) is 0 Å². The summed E-state index contributed by atoms with van der Waals surface area (Å²) in [6, 6.07) is 2.05. The van der Waals surface area contributed by atoms with E-state index in [2.05, 4.69) is 40.2 Å². The highest BCUT2D eigenvalue weighted by atomic mass is 15.2. The molecule has 0 radical (unpaired) electrons. The second-order valence-electron chi connectivity index (χ2n) is 3.72. The van der Waals surface area contributed by atoms with Crippen molar-refractivity contribution >= 4 is 5.96 Å². The summed E-state index contributed by atoms with van der Waals surface area (Å²) in [5.41, 5.74) is 2.54. The monoisotopic (exact) mass is 232 g/mol. The fourth-order valence-electron chi connectivity index (χ4n) is 1.49. The average Bonchev–Trinajstić information content (AvgIpc) is 2.35. The average molecular weight is 232 g/mol. The minimum absolute atomic E-state index is 0.716. The van der Waals surface area contributed by atoms with Crippen molar-refractivity contribution in [2.75, 3.05) is 20.1 Å². The Morgan fingerprint density at radius 2 is 2.35 bits per heavy atom. The molecule has 0 saturated carbocycles. The highest BCUT2D eigenvalue weighted by Gasteiger charge is 1.99. The molecule has 0 unspecified atom stereocenters. The van der Waals surface area contributed by atoms with Crippen LogP contribution in [0.3, 0.4) is 0 Å². The molecule has 2 N–H and O–H groups in total. The standard InChI is InChI=1S/C13H20N4/c1-4-7-16-13(14-3)17-9-6-12-5-8-15-10-11(12)2/h4-5,8,10H,1,6-7,9H2,2-3H3,(H2,14,16,17). The first kappa shape index (κ1) is 13.2. The van der Waals surface area contributed by atoms with Crippen LogP contribution in [-0.2, 0) is 6.42 Å². The van der Waals surface area contributed by atoms with Gasteiger partial charge in [-0.1, -0.05) is 6.08 Å². The third kappa shape index (κ3) is 4.68. The normalized spacial score (nSPS) is 11.1. The fourth-order valence-corrected chi connectivity index (χ4v) is 1.49. The van der Waals surface area contributed by atoms with Gasteiger partial charge in [0.15, 0.2) is 5.96 Å². The number of guanidine groups is 1. The lowest BCUT2D eigenvalue weighted by Crippen LogP contribution is -2.38. The van der Waals surface area contributed by atoms with E-state index in [0.29, 0.717) is 6.54 Å². The van der Waals surface area contributed by atoms with E-state index < -0.39 is 0 Å². The number of rotatable bonds is 5. The summed E-state index contributed by atoms with van der Waals surface area (Å²) in [5, 5.41) is 6.38. The molecule has 0 spiro atoms. The molecule has 17 heavy (non-hydrogen) atoms. The molecule has 92 valence electrons. The van der Waals surface area contributed by atoms with E-state index in [1.807, 2.05) is 12.4 Å². The van der Waals surface area contributed by atoms with Crippen molar-refractivity contribution in [2.45, 2.75) is 13.3 Å². The predicted molar refractivity (Wildman–Crippen MR) is 72.2 cm³/mol. The summed E-state index contributed by atoms with van der Waals surface area (Å²) in [4.78, 5) is 8.19. The summed E-state index contributed by atoms with van der Waals surface area (Å²) in [6.45, 7) is 7.30. The van der Waals surface area contributed by atoms with Crippen LogP contribution in [0, 0.1) is 6.92 Å². The summed E-state index contributed by atoms with van der Waals surface area (Å²) < 4.78 is 0. The molecule has 1 rings (SSSR count). The molecule has 4 nitrogen and oxygen atoms in total. The number of aromatic nitrogens is 1. The lowest BCUT2D eigenvalue weighted by Gasteiger charge is -2.11. The van der Waals surface area contributed by atoms with Gasteiger partial charge in [0.1, 0.15) is 0 Å². The molecule has 0 atom stereocenters. The molecule has 0 fully saturated rings. The zero-order valence-corrected chi connectivity index (χ0v) is 10.5. The second-order valence-corrected chi connectivity index (χ2v) is 3.72. The van der Waals surface area contributed by atoms with E-state index in [4.69, 9.17) is 0 Å². The Labute approximate surface area is 103 Å². The highest BCUT2D eigenvalue weighted by molar-refractivity contribution is 5.79. The third-order valence-electron chi connectivity index (χ3n) is 2.46. The molecule has 1 aromatic rings. The van der Waals surface area contributed by atoms with Gasteiger partial charge in [0, 0.05) is 32.5 Å². The maximum atomic E-state index is 4.11. The van der Waals surface area contributed by atoms with Crippen molar-refractivity contribution in [3.05, 3.63) is 42.2 Å². The van der Waals surface area contributed by atoms with Gasteiger partial charge < -0.3 is 10.6 Å². The van der Waals surface area contributed by atoms with Gasteiger partial charge in [0.05, 0.1) is 0 Å². The number of aliphatic imine (C=N–C) groups is 1. The fraction of sp³-hybridized carbons (Fsp3) is 0.385. The predicted octanol–water partition coefficient (Wildman–Crippen LogP) is 1.28. The molecule has 4 heteroatoms. The van der Waals surface area contributed by atoms with E-state index in [-0.39, 0.29) is 0 Å². The summed E-state index contributed by atoms with van der Waals surface area (Å²) in [5.74, 6) is 0.802. The Kier molecular flexibility index (Phi) is 5.79. The van der Waals surface area contributed by atoms with E-state index >= 15 is 0 Å².